The molecule has 1 N–H and O–H groups in total. The van der Waals surface area contributed by atoms with E-state index in [1.165, 1.54) is 5.56 Å². The van der Waals surface area contributed by atoms with Gasteiger partial charge in [0.2, 0.25) is 0 Å². The fourth-order valence-electron chi connectivity index (χ4n) is 1.40. The molecule has 0 bridgehead atoms. The fraction of sp³-hybridized carbons (Fsp3) is 0.364. The van der Waals surface area contributed by atoms with E-state index in [4.69, 9.17) is 0 Å². The largest absolute Gasteiger partial charge is 0.286 e. The van der Waals surface area contributed by atoms with E-state index in [2.05, 4.69) is 41.5 Å². The van der Waals surface area contributed by atoms with Crippen LogP contribution < -0.4 is 5.32 Å². The van der Waals surface area contributed by atoms with Crippen molar-refractivity contribution in [2.45, 2.75) is 19.5 Å². The van der Waals surface area contributed by atoms with Crippen LogP contribution in [0.2, 0.25) is 0 Å². The van der Waals surface area contributed by atoms with Gasteiger partial charge < -0.3 is 0 Å². The molecule has 74 valence electrons. The van der Waals surface area contributed by atoms with Gasteiger partial charge in [-0.3, -0.25) is 10.3 Å². The van der Waals surface area contributed by atoms with E-state index in [0.29, 0.717) is 6.17 Å². The van der Waals surface area contributed by atoms with Gasteiger partial charge >= 0.3 is 0 Å². The molecule has 1 heterocycles. The van der Waals surface area contributed by atoms with Crippen molar-refractivity contribution in [2.24, 2.45) is 4.99 Å². The minimum Gasteiger partial charge on any atom is -0.286 e. The van der Waals surface area contributed by atoms with Crippen LogP contribution in [0.5, 0.6) is 0 Å². The minimum atomic E-state index is 0.298. The van der Waals surface area contributed by atoms with Crippen molar-refractivity contribution in [3.8, 4) is 0 Å². The van der Waals surface area contributed by atoms with E-state index in [-0.39, 0.29) is 0 Å². The Morgan fingerprint density at radius 2 is 2.21 bits per heavy atom. The van der Waals surface area contributed by atoms with Crippen molar-refractivity contribution in [1.29, 1.82) is 0 Å². The molecule has 3 heteroatoms. The molecule has 2 nitrogen and oxygen atoms in total. The van der Waals surface area contributed by atoms with Gasteiger partial charge in [-0.15, -0.1) is 0 Å². The lowest BCUT2D eigenvalue weighted by molar-refractivity contribution is 0.559. The average Bonchev–Trinajstić information content (AvgIpc) is 2.30. The Morgan fingerprint density at radius 1 is 1.43 bits per heavy atom. The van der Waals surface area contributed by atoms with Crippen molar-refractivity contribution in [3.05, 3.63) is 35.9 Å². The SMILES string of the molecule is CC[C@@H]1N=C(c2ccccc2)SCN1. The lowest BCUT2D eigenvalue weighted by atomic mass is 10.2. The highest BCUT2D eigenvalue weighted by atomic mass is 32.2. The van der Waals surface area contributed by atoms with Crippen molar-refractivity contribution in [1.82, 2.24) is 5.32 Å². The Balaban J connectivity index is 2.22. The number of nitrogens with one attached hydrogen (secondary N) is 1. The highest BCUT2D eigenvalue weighted by Gasteiger charge is 2.13. The first kappa shape index (κ1) is 9.74. The number of benzene rings is 1. The standard InChI is InChI=1S/C11H14N2S/c1-2-10-12-8-14-11(13-10)9-6-4-3-5-7-9/h3-7,10,12H,2,8H2,1H3/t10-/m0/s1. The second-order valence-corrected chi connectivity index (χ2v) is 4.18. The third-order valence-electron chi connectivity index (χ3n) is 2.21. The lowest BCUT2D eigenvalue weighted by Crippen LogP contribution is -2.31. The topological polar surface area (TPSA) is 24.4 Å². The van der Waals surface area contributed by atoms with E-state index in [1.54, 1.807) is 11.8 Å². The molecule has 0 unspecified atom stereocenters. The van der Waals surface area contributed by atoms with Gasteiger partial charge in [0.25, 0.3) is 0 Å². The normalized spacial score (nSPS) is 21.8. The van der Waals surface area contributed by atoms with Gasteiger partial charge in [0.15, 0.2) is 0 Å². The van der Waals surface area contributed by atoms with Crippen LogP contribution in [-0.2, 0) is 0 Å². The molecule has 0 fully saturated rings. The molecule has 0 saturated heterocycles. The van der Waals surface area contributed by atoms with E-state index < -0.39 is 0 Å². The van der Waals surface area contributed by atoms with Gasteiger partial charge in [-0.05, 0) is 6.42 Å². The van der Waals surface area contributed by atoms with Crippen LogP contribution in [0, 0.1) is 0 Å². The van der Waals surface area contributed by atoms with Crippen molar-refractivity contribution >= 4 is 16.8 Å². The molecule has 0 saturated carbocycles. The van der Waals surface area contributed by atoms with Gasteiger partial charge in [0.05, 0.1) is 0 Å². The summed E-state index contributed by atoms with van der Waals surface area (Å²) in [6.07, 6.45) is 1.35. The highest BCUT2D eigenvalue weighted by molar-refractivity contribution is 8.14. The van der Waals surface area contributed by atoms with Gasteiger partial charge in [0, 0.05) is 11.4 Å². The highest BCUT2D eigenvalue weighted by Crippen LogP contribution is 2.18. The number of hydrogen-bond donors (Lipinski definition) is 1. The van der Waals surface area contributed by atoms with Crippen LogP contribution in [0.25, 0.3) is 0 Å². The molecule has 0 aromatic heterocycles. The van der Waals surface area contributed by atoms with Crippen LogP contribution in [0.3, 0.4) is 0 Å². The maximum Gasteiger partial charge on any atom is 0.101 e. The number of hydrogen-bond acceptors (Lipinski definition) is 3. The number of thioether (sulfide) groups is 1. The zero-order valence-corrected chi connectivity index (χ0v) is 9.05. The fourth-order valence-corrected chi connectivity index (χ4v) is 2.32. The van der Waals surface area contributed by atoms with Gasteiger partial charge in [-0.25, -0.2) is 0 Å². The predicted molar refractivity (Wildman–Crippen MR) is 62.7 cm³/mol. The first-order valence-electron chi connectivity index (χ1n) is 4.89. The van der Waals surface area contributed by atoms with E-state index in [1.807, 2.05) is 6.07 Å². The van der Waals surface area contributed by atoms with Crippen LogP contribution >= 0.6 is 11.8 Å². The first-order chi connectivity index (χ1) is 6.90. The maximum absolute atomic E-state index is 4.64. The Kier molecular flexibility index (Phi) is 3.22. The van der Waals surface area contributed by atoms with Crippen LogP contribution in [0.15, 0.2) is 35.3 Å². The Hall–Kier alpha value is -0.800. The molecule has 1 atom stereocenters. The zero-order chi connectivity index (χ0) is 9.80. The monoisotopic (exact) mass is 206 g/mol. The molecule has 2 rings (SSSR count). The molecule has 0 spiro atoms. The predicted octanol–water partition coefficient (Wildman–Crippen LogP) is 2.46. The molecular formula is C11H14N2S. The second kappa shape index (κ2) is 4.62. The molecule has 0 aliphatic carbocycles. The Labute approximate surface area is 88.8 Å². The van der Waals surface area contributed by atoms with Gasteiger partial charge in [-0.2, -0.15) is 0 Å². The number of aliphatic imine (C=N–C) groups is 1. The second-order valence-electron chi connectivity index (χ2n) is 3.22. The molecule has 0 amide bonds. The summed E-state index contributed by atoms with van der Waals surface area (Å²) >= 11 is 1.77. The number of nitrogens with zero attached hydrogens (tertiary/aromatic N) is 1. The maximum atomic E-state index is 4.64. The third kappa shape index (κ3) is 2.16. The summed E-state index contributed by atoms with van der Waals surface area (Å²) < 4.78 is 0. The summed E-state index contributed by atoms with van der Waals surface area (Å²) in [7, 11) is 0. The van der Waals surface area contributed by atoms with Gasteiger partial charge in [0.1, 0.15) is 11.2 Å². The van der Waals surface area contributed by atoms with Crippen LogP contribution in [0.1, 0.15) is 18.9 Å². The third-order valence-corrected chi connectivity index (χ3v) is 3.13. The van der Waals surface area contributed by atoms with E-state index in [0.717, 1.165) is 17.3 Å². The summed E-state index contributed by atoms with van der Waals surface area (Å²) in [4.78, 5) is 4.64. The molecule has 1 aromatic carbocycles. The van der Waals surface area contributed by atoms with Crippen LogP contribution in [0.4, 0.5) is 0 Å². The molecular weight excluding hydrogens is 192 g/mol. The molecule has 0 radical (unpaired) electrons. The summed E-state index contributed by atoms with van der Waals surface area (Å²) in [6, 6.07) is 10.4. The average molecular weight is 206 g/mol. The smallest absolute Gasteiger partial charge is 0.101 e. The molecule has 14 heavy (non-hydrogen) atoms. The van der Waals surface area contributed by atoms with Crippen molar-refractivity contribution in [2.75, 3.05) is 5.88 Å². The minimum absolute atomic E-state index is 0.298. The molecule has 1 aromatic rings. The lowest BCUT2D eigenvalue weighted by Gasteiger charge is -2.20. The van der Waals surface area contributed by atoms with Crippen LogP contribution in [-0.4, -0.2) is 17.1 Å². The van der Waals surface area contributed by atoms with Crippen molar-refractivity contribution < 1.29 is 0 Å². The van der Waals surface area contributed by atoms with E-state index >= 15 is 0 Å². The molecule has 1 aliphatic rings. The summed E-state index contributed by atoms with van der Waals surface area (Å²) in [6.45, 7) is 2.15. The Bertz CT molecular complexity index is 321. The zero-order valence-electron chi connectivity index (χ0n) is 8.23. The quantitative estimate of drug-likeness (QED) is 0.804. The summed E-state index contributed by atoms with van der Waals surface area (Å²) in [5, 5.41) is 4.51. The van der Waals surface area contributed by atoms with E-state index in [9.17, 15) is 0 Å². The number of rotatable bonds is 2. The summed E-state index contributed by atoms with van der Waals surface area (Å²) in [5.74, 6) is 0.965. The summed E-state index contributed by atoms with van der Waals surface area (Å²) in [5.41, 5.74) is 1.23. The first-order valence-corrected chi connectivity index (χ1v) is 5.88. The van der Waals surface area contributed by atoms with Gasteiger partial charge in [-0.1, -0.05) is 49.0 Å². The molecule has 1 aliphatic heterocycles. The Morgan fingerprint density at radius 3 is 2.93 bits per heavy atom. The van der Waals surface area contributed by atoms with Crippen molar-refractivity contribution in [3.63, 3.8) is 0 Å².